The zero-order chi connectivity index (χ0) is 16.1. The smallest absolute Gasteiger partial charge is 0.321 e. The van der Waals surface area contributed by atoms with Crippen LogP contribution >= 0.6 is 0 Å². The maximum Gasteiger partial charge on any atom is 0.321 e. The van der Waals surface area contributed by atoms with Crippen molar-refractivity contribution in [1.82, 2.24) is 25.6 Å². The average molecular weight is 303 g/mol. The van der Waals surface area contributed by atoms with Gasteiger partial charge in [0.15, 0.2) is 0 Å². The molecule has 0 unspecified atom stereocenters. The third kappa shape index (κ3) is 3.87. The molecular formula is C14H17N5O3. The Morgan fingerprint density at radius 3 is 2.73 bits per heavy atom. The van der Waals surface area contributed by atoms with Crippen molar-refractivity contribution in [3.05, 3.63) is 34.6 Å². The van der Waals surface area contributed by atoms with Crippen LogP contribution in [0.5, 0.6) is 0 Å². The van der Waals surface area contributed by atoms with Crippen LogP contribution in [0.4, 0.5) is 4.79 Å². The van der Waals surface area contributed by atoms with Crippen molar-refractivity contribution in [2.75, 3.05) is 6.54 Å². The van der Waals surface area contributed by atoms with Gasteiger partial charge in [0.25, 0.3) is 5.56 Å². The SMILES string of the molecule is CC(C)CNC(=O)NC(=O)Cn1nnc2ccccc2c1=O. The minimum Gasteiger partial charge on any atom is -0.338 e. The van der Waals surface area contributed by atoms with E-state index in [0.717, 1.165) is 4.68 Å². The molecule has 3 amide bonds. The van der Waals surface area contributed by atoms with E-state index in [1.54, 1.807) is 24.3 Å². The van der Waals surface area contributed by atoms with Crippen molar-refractivity contribution in [3.63, 3.8) is 0 Å². The van der Waals surface area contributed by atoms with Gasteiger partial charge in [0.05, 0.1) is 5.39 Å². The lowest BCUT2D eigenvalue weighted by Gasteiger charge is -2.09. The Morgan fingerprint density at radius 2 is 2.00 bits per heavy atom. The van der Waals surface area contributed by atoms with Gasteiger partial charge >= 0.3 is 6.03 Å². The average Bonchev–Trinajstić information content (AvgIpc) is 2.48. The highest BCUT2D eigenvalue weighted by molar-refractivity contribution is 5.94. The van der Waals surface area contributed by atoms with Gasteiger partial charge in [-0.1, -0.05) is 31.2 Å². The van der Waals surface area contributed by atoms with Gasteiger partial charge in [0, 0.05) is 6.54 Å². The molecule has 8 nitrogen and oxygen atoms in total. The molecule has 0 fully saturated rings. The van der Waals surface area contributed by atoms with Gasteiger partial charge in [-0.2, -0.15) is 0 Å². The Bertz CT molecular complexity index is 753. The summed E-state index contributed by atoms with van der Waals surface area (Å²) in [5.41, 5.74) is 0.0298. The van der Waals surface area contributed by atoms with Crippen molar-refractivity contribution in [2.45, 2.75) is 20.4 Å². The molecule has 0 saturated heterocycles. The molecule has 8 heteroatoms. The van der Waals surface area contributed by atoms with Crippen molar-refractivity contribution in [2.24, 2.45) is 5.92 Å². The number of hydrogen-bond acceptors (Lipinski definition) is 5. The Labute approximate surface area is 126 Å². The van der Waals surface area contributed by atoms with Gasteiger partial charge < -0.3 is 5.32 Å². The normalized spacial score (nSPS) is 10.7. The third-order valence-corrected chi connectivity index (χ3v) is 2.85. The zero-order valence-corrected chi connectivity index (χ0v) is 12.4. The number of nitrogens with one attached hydrogen (secondary N) is 2. The van der Waals surface area contributed by atoms with Crippen LogP contribution in [0.2, 0.25) is 0 Å². The molecule has 0 atom stereocenters. The summed E-state index contributed by atoms with van der Waals surface area (Å²) in [6, 6.07) is 6.12. The summed E-state index contributed by atoms with van der Waals surface area (Å²) in [4.78, 5) is 35.4. The van der Waals surface area contributed by atoms with Crippen molar-refractivity contribution < 1.29 is 9.59 Å². The van der Waals surface area contributed by atoms with Crippen LogP contribution in [0.3, 0.4) is 0 Å². The molecule has 0 bridgehead atoms. The van der Waals surface area contributed by atoms with Gasteiger partial charge in [-0.05, 0) is 18.1 Å². The van der Waals surface area contributed by atoms with E-state index in [4.69, 9.17) is 0 Å². The predicted octanol–water partition coefficient (Wildman–Crippen LogP) is 0.273. The summed E-state index contributed by atoms with van der Waals surface area (Å²) in [6.07, 6.45) is 0. The van der Waals surface area contributed by atoms with Crippen LogP contribution in [0.1, 0.15) is 13.8 Å². The van der Waals surface area contributed by atoms with Gasteiger partial charge in [0.2, 0.25) is 5.91 Å². The first kappa shape index (κ1) is 15.6. The van der Waals surface area contributed by atoms with Crippen LogP contribution in [-0.4, -0.2) is 33.5 Å². The molecule has 22 heavy (non-hydrogen) atoms. The van der Waals surface area contributed by atoms with Gasteiger partial charge in [-0.3, -0.25) is 14.9 Å². The van der Waals surface area contributed by atoms with E-state index in [1.807, 2.05) is 13.8 Å². The molecule has 1 aromatic heterocycles. The first-order valence-corrected chi connectivity index (χ1v) is 6.87. The molecule has 0 radical (unpaired) electrons. The maximum absolute atomic E-state index is 12.1. The molecule has 0 saturated carbocycles. The van der Waals surface area contributed by atoms with Crippen molar-refractivity contribution in [3.8, 4) is 0 Å². The Morgan fingerprint density at radius 1 is 1.27 bits per heavy atom. The predicted molar refractivity (Wildman–Crippen MR) is 80.2 cm³/mol. The third-order valence-electron chi connectivity index (χ3n) is 2.85. The molecule has 0 aliphatic rings. The number of benzene rings is 1. The summed E-state index contributed by atoms with van der Waals surface area (Å²) >= 11 is 0. The van der Waals surface area contributed by atoms with Crippen LogP contribution < -0.4 is 16.2 Å². The highest BCUT2D eigenvalue weighted by Gasteiger charge is 2.12. The fourth-order valence-corrected chi connectivity index (χ4v) is 1.77. The zero-order valence-electron chi connectivity index (χ0n) is 12.4. The topological polar surface area (TPSA) is 106 Å². The fourth-order valence-electron chi connectivity index (χ4n) is 1.77. The quantitative estimate of drug-likeness (QED) is 0.843. The second-order valence-electron chi connectivity index (χ2n) is 5.22. The summed E-state index contributed by atoms with van der Waals surface area (Å²) in [7, 11) is 0. The van der Waals surface area contributed by atoms with E-state index in [1.165, 1.54) is 0 Å². The van der Waals surface area contributed by atoms with Gasteiger partial charge in [0.1, 0.15) is 12.1 Å². The largest absolute Gasteiger partial charge is 0.338 e. The molecule has 0 aliphatic heterocycles. The Kier molecular flexibility index (Phi) is 4.82. The van der Waals surface area contributed by atoms with E-state index < -0.39 is 17.5 Å². The molecule has 1 aromatic carbocycles. The minimum atomic E-state index is -0.632. The summed E-state index contributed by atoms with van der Waals surface area (Å²) < 4.78 is 0.924. The minimum absolute atomic E-state index is 0.273. The van der Waals surface area contributed by atoms with Gasteiger partial charge in [-0.15, -0.1) is 5.10 Å². The van der Waals surface area contributed by atoms with E-state index in [-0.39, 0.29) is 12.5 Å². The molecule has 2 N–H and O–H groups in total. The first-order chi connectivity index (χ1) is 10.5. The van der Waals surface area contributed by atoms with E-state index in [9.17, 15) is 14.4 Å². The van der Waals surface area contributed by atoms with E-state index in [2.05, 4.69) is 20.9 Å². The van der Waals surface area contributed by atoms with Crippen molar-refractivity contribution in [1.29, 1.82) is 0 Å². The molecule has 0 aliphatic carbocycles. The number of urea groups is 1. The monoisotopic (exact) mass is 303 g/mol. The van der Waals surface area contributed by atoms with Crippen LogP contribution in [-0.2, 0) is 11.3 Å². The molecule has 2 rings (SSSR count). The number of aromatic nitrogens is 3. The molecule has 1 heterocycles. The standard InChI is InChI=1S/C14H17N5O3/c1-9(2)7-15-14(22)16-12(20)8-19-13(21)10-5-3-4-6-11(10)17-18-19/h3-6,9H,7-8H2,1-2H3,(H2,15,16,20,22). The fraction of sp³-hybridized carbons (Fsp3) is 0.357. The molecule has 0 spiro atoms. The molecule has 2 aromatic rings. The highest BCUT2D eigenvalue weighted by atomic mass is 16.2. The summed E-state index contributed by atoms with van der Waals surface area (Å²) in [6.45, 7) is 3.96. The number of hydrogen-bond donors (Lipinski definition) is 2. The maximum atomic E-state index is 12.1. The number of rotatable bonds is 4. The number of fused-ring (bicyclic) bond motifs is 1. The molecular weight excluding hydrogens is 286 g/mol. The number of nitrogens with zero attached hydrogens (tertiary/aromatic N) is 3. The van der Waals surface area contributed by atoms with Gasteiger partial charge in [-0.25, -0.2) is 9.48 Å². The highest BCUT2D eigenvalue weighted by Crippen LogP contribution is 2.03. The van der Waals surface area contributed by atoms with Crippen molar-refractivity contribution >= 4 is 22.8 Å². The lowest BCUT2D eigenvalue weighted by Crippen LogP contribution is -2.43. The summed E-state index contributed by atoms with van der Waals surface area (Å²) in [5.74, 6) is -0.359. The number of carbonyl (C=O) groups excluding carboxylic acids is 2. The Hall–Kier alpha value is -2.77. The number of amides is 3. The van der Waals surface area contributed by atoms with Crippen LogP contribution in [0.15, 0.2) is 29.1 Å². The van der Waals surface area contributed by atoms with Crippen LogP contribution in [0, 0.1) is 5.92 Å². The second-order valence-corrected chi connectivity index (χ2v) is 5.22. The van der Waals surface area contributed by atoms with E-state index in [0.29, 0.717) is 17.4 Å². The summed E-state index contributed by atoms with van der Waals surface area (Å²) in [5, 5.41) is 12.6. The first-order valence-electron chi connectivity index (χ1n) is 6.87. The number of imide groups is 1. The van der Waals surface area contributed by atoms with E-state index >= 15 is 0 Å². The van der Waals surface area contributed by atoms with Crippen LogP contribution in [0.25, 0.3) is 10.9 Å². The second kappa shape index (κ2) is 6.79. The molecule has 116 valence electrons. The lowest BCUT2D eigenvalue weighted by molar-refractivity contribution is -0.120. The Balaban J connectivity index is 2.04. The number of carbonyl (C=O) groups is 2. The lowest BCUT2D eigenvalue weighted by atomic mass is 10.2.